The SMILES string of the molecule is Cc1c(N)nc(C(C)(C)C)nc1-c1cc(F)ccc1Cl. The molecule has 1 aromatic heterocycles. The smallest absolute Gasteiger partial charge is 0.136 e. The fourth-order valence-electron chi connectivity index (χ4n) is 1.81. The van der Waals surface area contributed by atoms with Crippen LogP contribution in [0.4, 0.5) is 10.2 Å². The van der Waals surface area contributed by atoms with E-state index in [2.05, 4.69) is 9.97 Å². The van der Waals surface area contributed by atoms with Gasteiger partial charge in [-0.05, 0) is 25.1 Å². The highest BCUT2D eigenvalue weighted by atomic mass is 35.5. The second kappa shape index (κ2) is 5.02. The van der Waals surface area contributed by atoms with Crippen molar-refractivity contribution in [1.82, 2.24) is 9.97 Å². The molecule has 0 aliphatic heterocycles. The van der Waals surface area contributed by atoms with E-state index in [0.29, 0.717) is 33.5 Å². The Bertz CT molecular complexity index is 663. The van der Waals surface area contributed by atoms with Crippen LogP contribution in [0.1, 0.15) is 32.2 Å². The summed E-state index contributed by atoms with van der Waals surface area (Å²) in [6.07, 6.45) is 0. The van der Waals surface area contributed by atoms with E-state index >= 15 is 0 Å². The summed E-state index contributed by atoms with van der Waals surface area (Å²) in [5, 5.41) is 0.437. The van der Waals surface area contributed by atoms with Crippen LogP contribution in [0.3, 0.4) is 0 Å². The Kier molecular flexibility index (Phi) is 3.69. The number of aromatic nitrogens is 2. The number of rotatable bonds is 1. The molecule has 0 aliphatic carbocycles. The topological polar surface area (TPSA) is 51.8 Å². The van der Waals surface area contributed by atoms with E-state index in [4.69, 9.17) is 17.3 Å². The van der Waals surface area contributed by atoms with Crippen molar-refractivity contribution in [2.75, 3.05) is 5.73 Å². The Balaban J connectivity index is 2.73. The Hall–Kier alpha value is -1.68. The molecule has 0 spiro atoms. The molecule has 0 bridgehead atoms. The van der Waals surface area contributed by atoms with Crippen LogP contribution >= 0.6 is 11.6 Å². The predicted octanol–water partition coefficient (Wildman–Crippen LogP) is 4.12. The lowest BCUT2D eigenvalue weighted by Gasteiger charge is -2.19. The van der Waals surface area contributed by atoms with Crippen molar-refractivity contribution in [3.8, 4) is 11.3 Å². The van der Waals surface area contributed by atoms with E-state index in [0.717, 1.165) is 0 Å². The minimum Gasteiger partial charge on any atom is -0.383 e. The number of nitrogens with two attached hydrogens (primary N) is 1. The van der Waals surface area contributed by atoms with Crippen LogP contribution < -0.4 is 5.73 Å². The molecular formula is C15H17ClFN3. The summed E-state index contributed by atoms with van der Waals surface area (Å²) in [5.74, 6) is 0.634. The zero-order valence-corrected chi connectivity index (χ0v) is 12.7. The summed E-state index contributed by atoms with van der Waals surface area (Å²) in [6.45, 7) is 7.79. The van der Waals surface area contributed by atoms with Gasteiger partial charge >= 0.3 is 0 Å². The first-order valence-corrected chi connectivity index (χ1v) is 6.68. The molecule has 0 unspecified atom stereocenters. The lowest BCUT2D eigenvalue weighted by molar-refractivity contribution is 0.546. The molecular weight excluding hydrogens is 277 g/mol. The zero-order chi connectivity index (χ0) is 15.1. The van der Waals surface area contributed by atoms with Crippen molar-refractivity contribution < 1.29 is 4.39 Å². The van der Waals surface area contributed by atoms with Crippen LogP contribution in [0, 0.1) is 12.7 Å². The van der Waals surface area contributed by atoms with Crippen LogP contribution in [0.15, 0.2) is 18.2 Å². The number of hydrogen-bond donors (Lipinski definition) is 1. The van der Waals surface area contributed by atoms with Crippen LogP contribution in [0.25, 0.3) is 11.3 Å². The Morgan fingerprint density at radius 1 is 1.20 bits per heavy atom. The maximum atomic E-state index is 13.5. The first-order chi connectivity index (χ1) is 9.20. The van der Waals surface area contributed by atoms with Gasteiger partial charge < -0.3 is 5.73 Å². The molecule has 0 fully saturated rings. The number of nitrogen functional groups attached to an aromatic ring is 1. The summed E-state index contributed by atoms with van der Waals surface area (Å²) in [4.78, 5) is 8.85. The van der Waals surface area contributed by atoms with Crippen molar-refractivity contribution in [3.05, 3.63) is 40.4 Å². The number of hydrogen-bond acceptors (Lipinski definition) is 3. The quantitative estimate of drug-likeness (QED) is 0.860. The normalized spacial score (nSPS) is 11.7. The third-order valence-corrected chi connectivity index (χ3v) is 3.37. The molecule has 5 heteroatoms. The number of anilines is 1. The van der Waals surface area contributed by atoms with Crippen molar-refractivity contribution in [2.45, 2.75) is 33.1 Å². The van der Waals surface area contributed by atoms with Crippen molar-refractivity contribution in [3.63, 3.8) is 0 Å². The van der Waals surface area contributed by atoms with Gasteiger partial charge in [0, 0.05) is 16.5 Å². The molecule has 3 nitrogen and oxygen atoms in total. The van der Waals surface area contributed by atoms with E-state index in [9.17, 15) is 4.39 Å². The maximum absolute atomic E-state index is 13.5. The van der Waals surface area contributed by atoms with E-state index in [1.807, 2.05) is 20.8 Å². The average Bonchev–Trinajstić information content (AvgIpc) is 2.34. The van der Waals surface area contributed by atoms with Gasteiger partial charge in [-0.2, -0.15) is 0 Å². The van der Waals surface area contributed by atoms with Crippen molar-refractivity contribution in [1.29, 1.82) is 0 Å². The molecule has 0 aliphatic rings. The first kappa shape index (κ1) is 14.7. The van der Waals surface area contributed by atoms with Gasteiger partial charge in [-0.15, -0.1) is 0 Å². The van der Waals surface area contributed by atoms with Gasteiger partial charge in [0.1, 0.15) is 17.5 Å². The number of nitrogens with zero attached hydrogens (tertiary/aromatic N) is 2. The molecule has 0 saturated carbocycles. The van der Waals surface area contributed by atoms with E-state index in [1.54, 1.807) is 6.92 Å². The highest BCUT2D eigenvalue weighted by Crippen LogP contribution is 2.33. The molecule has 1 aromatic carbocycles. The monoisotopic (exact) mass is 293 g/mol. The van der Waals surface area contributed by atoms with E-state index in [-0.39, 0.29) is 11.2 Å². The highest BCUT2D eigenvalue weighted by Gasteiger charge is 2.21. The summed E-state index contributed by atoms with van der Waals surface area (Å²) >= 11 is 6.15. The lowest BCUT2D eigenvalue weighted by atomic mass is 9.95. The zero-order valence-electron chi connectivity index (χ0n) is 12.0. The minimum atomic E-state index is -0.363. The summed E-state index contributed by atoms with van der Waals surface area (Å²) in [6, 6.07) is 4.20. The molecule has 0 radical (unpaired) electrons. The third-order valence-electron chi connectivity index (χ3n) is 3.04. The molecule has 106 valence electrons. The van der Waals surface area contributed by atoms with Crippen molar-refractivity contribution in [2.24, 2.45) is 0 Å². The molecule has 0 saturated heterocycles. The molecule has 2 N–H and O–H groups in total. The predicted molar refractivity (Wildman–Crippen MR) is 80.3 cm³/mol. The molecule has 0 atom stereocenters. The molecule has 1 heterocycles. The summed E-state index contributed by atoms with van der Waals surface area (Å²) in [7, 11) is 0. The van der Waals surface area contributed by atoms with E-state index < -0.39 is 0 Å². The van der Waals surface area contributed by atoms with Crippen LogP contribution in [-0.4, -0.2) is 9.97 Å². The summed E-state index contributed by atoms with van der Waals surface area (Å²) < 4.78 is 13.5. The van der Waals surface area contributed by atoms with Gasteiger partial charge in [0.05, 0.1) is 10.7 Å². The Morgan fingerprint density at radius 3 is 2.45 bits per heavy atom. The van der Waals surface area contributed by atoms with Gasteiger partial charge in [0.25, 0.3) is 0 Å². The van der Waals surface area contributed by atoms with Crippen molar-refractivity contribution >= 4 is 17.4 Å². The first-order valence-electron chi connectivity index (χ1n) is 6.30. The largest absolute Gasteiger partial charge is 0.383 e. The van der Waals surface area contributed by atoms with Crippen LogP contribution in [-0.2, 0) is 5.41 Å². The summed E-state index contributed by atoms with van der Waals surface area (Å²) in [5.41, 5.74) is 7.51. The Morgan fingerprint density at radius 2 is 1.85 bits per heavy atom. The van der Waals surface area contributed by atoms with Gasteiger partial charge in [0.15, 0.2) is 0 Å². The van der Waals surface area contributed by atoms with E-state index in [1.165, 1.54) is 18.2 Å². The van der Waals surface area contributed by atoms with Gasteiger partial charge in [0.2, 0.25) is 0 Å². The second-order valence-corrected chi connectivity index (χ2v) is 6.19. The number of benzene rings is 1. The Labute approximate surface area is 123 Å². The average molecular weight is 294 g/mol. The lowest BCUT2D eigenvalue weighted by Crippen LogP contribution is -2.18. The molecule has 2 aromatic rings. The van der Waals surface area contributed by atoms with Crippen LogP contribution in [0.5, 0.6) is 0 Å². The molecule has 0 amide bonds. The van der Waals surface area contributed by atoms with Crippen LogP contribution in [0.2, 0.25) is 5.02 Å². The fourth-order valence-corrected chi connectivity index (χ4v) is 2.02. The fraction of sp³-hybridized carbons (Fsp3) is 0.333. The standard InChI is InChI=1S/C15H17ClFN3/c1-8-12(10-7-9(17)5-6-11(10)16)19-14(15(2,3)4)20-13(8)18/h5-7H,1-4H3,(H2,18,19,20). The van der Waals surface area contributed by atoms with Gasteiger partial charge in [-0.25, -0.2) is 14.4 Å². The van der Waals surface area contributed by atoms with Gasteiger partial charge in [-0.3, -0.25) is 0 Å². The number of halogens is 2. The second-order valence-electron chi connectivity index (χ2n) is 5.78. The molecule has 20 heavy (non-hydrogen) atoms. The third kappa shape index (κ3) is 2.75. The van der Waals surface area contributed by atoms with Gasteiger partial charge in [-0.1, -0.05) is 32.4 Å². The highest BCUT2D eigenvalue weighted by molar-refractivity contribution is 6.33. The minimum absolute atomic E-state index is 0.254. The molecule has 2 rings (SSSR count). The maximum Gasteiger partial charge on any atom is 0.136 e.